The van der Waals surface area contributed by atoms with Gasteiger partial charge in [0.1, 0.15) is 0 Å². The molecule has 2 heterocycles. The summed E-state index contributed by atoms with van der Waals surface area (Å²) in [6, 6.07) is 11.2. The summed E-state index contributed by atoms with van der Waals surface area (Å²) in [4.78, 5) is 42.6. The Balaban J connectivity index is 1.84. The Labute approximate surface area is 163 Å². The number of anilines is 1. The van der Waals surface area contributed by atoms with Crippen molar-refractivity contribution >= 4 is 23.4 Å². The lowest BCUT2D eigenvalue weighted by Gasteiger charge is -2.47. The largest absolute Gasteiger partial charge is 0.366 e. The van der Waals surface area contributed by atoms with Crippen LogP contribution in [0.5, 0.6) is 0 Å². The molecule has 7 heteroatoms. The third-order valence-corrected chi connectivity index (χ3v) is 5.33. The monoisotopic (exact) mass is 380 g/mol. The van der Waals surface area contributed by atoms with Crippen molar-refractivity contribution in [2.24, 2.45) is 11.7 Å². The summed E-state index contributed by atoms with van der Waals surface area (Å²) >= 11 is 0. The average Bonchev–Trinajstić information content (AvgIpc) is 2.70. The van der Waals surface area contributed by atoms with Crippen molar-refractivity contribution in [2.75, 3.05) is 11.9 Å². The molecule has 0 saturated carbocycles. The van der Waals surface area contributed by atoms with Crippen LogP contribution in [0, 0.1) is 5.92 Å². The number of amides is 3. The van der Waals surface area contributed by atoms with Gasteiger partial charge in [0.25, 0.3) is 0 Å². The maximum absolute atomic E-state index is 13.1. The van der Waals surface area contributed by atoms with Gasteiger partial charge in [-0.2, -0.15) is 0 Å². The van der Waals surface area contributed by atoms with E-state index >= 15 is 0 Å². The maximum atomic E-state index is 13.1. The van der Waals surface area contributed by atoms with E-state index in [2.05, 4.69) is 17.2 Å². The van der Waals surface area contributed by atoms with Gasteiger partial charge in [-0.05, 0) is 37.3 Å². The number of carbonyl (C=O) groups excluding carboxylic acids is 3. The van der Waals surface area contributed by atoms with Gasteiger partial charge >= 0.3 is 11.8 Å². The molecule has 1 aromatic carbocycles. The minimum Gasteiger partial charge on any atom is -0.366 e. The van der Waals surface area contributed by atoms with Gasteiger partial charge in [0.2, 0.25) is 5.91 Å². The lowest BCUT2D eigenvalue weighted by Crippen LogP contribution is -2.55. The van der Waals surface area contributed by atoms with E-state index < -0.39 is 23.3 Å². The fraction of sp³-hybridized carbons (Fsp3) is 0.333. The van der Waals surface area contributed by atoms with E-state index in [1.165, 1.54) is 18.5 Å². The van der Waals surface area contributed by atoms with Gasteiger partial charge in [-0.1, -0.05) is 37.3 Å². The SMILES string of the molecule is C[C@H]1CC[C@@](C)(c2ccccc2)N(C(=O)C(=O)Nc2cncc(C(N)=O)c2)C1. The average molecular weight is 380 g/mol. The van der Waals surface area contributed by atoms with E-state index in [9.17, 15) is 14.4 Å². The normalized spacial score (nSPS) is 21.8. The number of pyridine rings is 1. The molecule has 0 aliphatic carbocycles. The second kappa shape index (κ2) is 7.80. The van der Waals surface area contributed by atoms with E-state index in [4.69, 9.17) is 5.73 Å². The van der Waals surface area contributed by atoms with Crippen LogP contribution in [-0.2, 0) is 15.1 Å². The number of primary amides is 1. The Morgan fingerprint density at radius 2 is 1.93 bits per heavy atom. The summed E-state index contributed by atoms with van der Waals surface area (Å²) in [5.74, 6) is -1.73. The number of rotatable bonds is 3. The zero-order chi connectivity index (χ0) is 20.3. The van der Waals surface area contributed by atoms with Gasteiger partial charge in [0.15, 0.2) is 0 Å². The molecule has 0 unspecified atom stereocenters. The standard InChI is InChI=1S/C21H24N4O3/c1-14-8-9-21(2,16-6-4-3-5-7-16)25(13-14)20(28)19(27)24-17-10-15(18(22)26)11-23-12-17/h3-7,10-12,14H,8-9,13H2,1-2H3,(H2,22,26)(H,24,27)/t14-,21-/m0/s1. The van der Waals surface area contributed by atoms with Crippen LogP contribution in [0.25, 0.3) is 0 Å². The molecular weight excluding hydrogens is 356 g/mol. The molecule has 1 fully saturated rings. The molecule has 1 aromatic heterocycles. The molecule has 0 bridgehead atoms. The molecule has 3 amide bonds. The molecule has 0 radical (unpaired) electrons. The van der Waals surface area contributed by atoms with Crippen LogP contribution in [0.2, 0.25) is 0 Å². The van der Waals surface area contributed by atoms with Crippen LogP contribution in [-0.4, -0.2) is 34.2 Å². The highest BCUT2D eigenvalue weighted by molar-refractivity contribution is 6.39. The molecule has 3 N–H and O–H groups in total. The van der Waals surface area contributed by atoms with Gasteiger partial charge < -0.3 is 16.0 Å². The molecule has 28 heavy (non-hydrogen) atoms. The predicted molar refractivity (Wildman–Crippen MR) is 105 cm³/mol. The van der Waals surface area contributed by atoms with Crippen LogP contribution in [0.1, 0.15) is 42.6 Å². The van der Waals surface area contributed by atoms with Crippen molar-refractivity contribution in [3.63, 3.8) is 0 Å². The second-order valence-corrected chi connectivity index (χ2v) is 7.48. The lowest BCUT2D eigenvalue weighted by molar-refractivity contribution is -0.150. The Morgan fingerprint density at radius 1 is 1.21 bits per heavy atom. The molecule has 2 aromatic rings. The number of hydrogen-bond acceptors (Lipinski definition) is 4. The van der Waals surface area contributed by atoms with Crippen molar-refractivity contribution in [1.29, 1.82) is 0 Å². The Bertz CT molecular complexity index is 900. The van der Waals surface area contributed by atoms with Gasteiger partial charge in [-0.3, -0.25) is 19.4 Å². The lowest BCUT2D eigenvalue weighted by atomic mass is 9.79. The van der Waals surface area contributed by atoms with Crippen LogP contribution in [0.3, 0.4) is 0 Å². The number of nitrogens with one attached hydrogen (secondary N) is 1. The summed E-state index contributed by atoms with van der Waals surface area (Å²) < 4.78 is 0. The number of benzene rings is 1. The first kappa shape index (κ1) is 19.5. The summed E-state index contributed by atoms with van der Waals surface area (Å²) in [5, 5.41) is 2.54. The van der Waals surface area contributed by atoms with Crippen molar-refractivity contribution in [3.05, 3.63) is 59.9 Å². The fourth-order valence-electron chi connectivity index (χ4n) is 3.62. The van der Waals surface area contributed by atoms with E-state index in [1.807, 2.05) is 37.3 Å². The number of nitrogens with zero attached hydrogens (tertiary/aromatic N) is 2. The molecular formula is C21H24N4O3. The van der Waals surface area contributed by atoms with E-state index in [-0.39, 0.29) is 11.3 Å². The molecule has 0 spiro atoms. The Kier molecular flexibility index (Phi) is 5.44. The number of nitrogens with two attached hydrogens (primary N) is 1. The van der Waals surface area contributed by atoms with Gasteiger partial charge in [-0.25, -0.2) is 0 Å². The first-order valence-electron chi connectivity index (χ1n) is 9.24. The molecule has 7 nitrogen and oxygen atoms in total. The summed E-state index contributed by atoms with van der Waals surface area (Å²) in [6.45, 7) is 4.56. The summed E-state index contributed by atoms with van der Waals surface area (Å²) in [5.41, 5.74) is 6.09. The third-order valence-electron chi connectivity index (χ3n) is 5.33. The quantitative estimate of drug-likeness (QED) is 0.797. The van der Waals surface area contributed by atoms with E-state index in [0.29, 0.717) is 12.5 Å². The van der Waals surface area contributed by atoms with Crippen LogP contribution in [0.15, 0.2) is 48.8 Å². The number of likely N-dealkylation sites (tertiary alicyclic amines) is 1. The van der Waals surface area contributed by atoms with Crippen molar-refractivity contribution in [1.82, 2.24) is 9.88 Å². The third kappa shape index (κ3) is 3.88. The molecule has 3 rings (SSSR count). The van der Waals surface area contributed by atoms with Crippen LogP contribution < -0.4 is 11.1 Å². The highest BCUT2D eigenvalue weighted by atomic mass is 16.2. The Morgan fingerprint density at radius 3 is 2.61 bits per heavy atom. The number of carbonyl (C=O) groups is 3. The van der Waals surface area contributed by atoms with Crippen LogP contribution >= 0.6 is 0 Å². The zero-order valence-corrected chi connectivity index (χ0v) is 16.0. The van der Waals surface area contributed by atoms with Gasteiger partial charge in [0.05, 0.1) is 23.0 Å². The highest BCUT2D eigenvalue weighted by Crippen LogP contribution is 2.39. The van der Waals surface area contributed by atoms with E-state index in [0.717, 1.165) is 18.4 Å². The smallest absolute Gasteiger partial charge is 0.313 e. The van der Waals surface area contributed by atoms with Gasteiger partial charge in [0, 0.05) is 12.7 Å². The summed E-state index contributed by atoms with van der Waals surface area (Å²) in [6.07, 6.45) is 4.42. The minimum atomic E-state index is -0.764. The highest BCUT2D eigenvalue weighted by Gasteiger charge is 2.42. The molecule has 1 saturated heterocycles. The minimum absolute atomic E-state index is 0.158. The van der Waals surface area contributed by atoms with E-state index in [1.54, 1.807) is 4.90 Å². The molecule has 2 atom stereocenters. The number of piperidine rings is 1. The molecule has 1 aliphatic rings. The number of aromatic nitrogens is 1. The topological polar surface area (TPSA) is 105 Å². The van der Waals surface area contributed by atoms with Crippen molar-refractivity contribution < 1.29 is 14.4 Å². The van der Waals surface area contributed by atoms with Crippen molar-refractivity contribution in [2.45, 2.75) is 32.2 Å². The van der Waals surface area contributed by atoms with Gasteiger partial charge in [-0.15, -0.1) is 0 Å². The number of hydrogen-bond donors (Lipinski definition) is 2. The zero-order valence-electron chi connectivity index (χ0n) is 16.0. The molecule has 1 aliphatic heterocycles. The first-order valence-corrected chi connectivity index (χ1v) is 9.24. The van der Waals surface area contributed by atoms with Crippen LogP contribution in [0.4, 0.5) is 5.69 Å². The second-order valence-electron chi connectivity index (χ2n) is 7.48. The molecule has 146 valence electrons. The summed E-state index contributed by atoms with van der Waals surface area (Å²) in [7, 11) is 0. The Hall–Kier alpha value is -3.22. The predicted octanol–water partition coefficient (Wildman–Crippen LogP) is 2.29. The maximum Gasteiger partial charge on any atom is 0.313 e. The first-order chi connectivity index (χ1) is 13.3. The fourth-order valence-corrected chi connectivity index (χ4v) is 3.62. The van der Waals surface area contributed by atoms with Crippen molar-refractivity contribution in [3.8, 4) is 0 Å².